The molecule has 1 aromatic heterocycles. The molecule has 1 saturated heterocycles. The zero-order valence-electron chi connectivity index (χ0n) is 14.4. The number of carbonyl (C=O) groups is 1. The molecule has 6 nitrogen and oxygen atoms in total. The van der Waals surface area contributed by atoms with Crippen molar-refractivity contribution in [3.63, 3.8) is 0 Å². The summed E-state index contributed by atoms with van der Waals surface area (Å²) in [5.41, 5.74) is 2.33. The van der Waals surface area contributed by atoms with Crippen LogP contribution in [0.15, 0.2) is 6.20 Å². The summed E-state index contributed by atoms with van der Waals surface area (Å²) < 4.78 is 1.92. The van der Waals surface area contributed by atoms with Gasteiger partial charge in [-0.25, -0.2) is 4.79 Å². The molecule has 2 rings (SSSR count). The van der Waals surface area contributed by atoms with E-state index in [0.29, 0.717) is 5.92 Å². The van der Waals surface area contributed by atoms with Crippen molar-refractivity contribution in [3.05, 3.63) is 17.5 Å². The van der Waals surface area contributed by atoms with Gasteiger partial charge in [0.25, 0.3) is 0 Å². The Labute approximate surface area is 133 Å². The van der Waals surface area contributed by atoms with Crippen LogP contribution in [0.3, 0.4) is 0 Å². The van der Waals surface area contributed by atoms with E-state index in [2.05, 4.69) is 27.6 Å². The predicted octanol–water partition coefficient (Wildman–Crippen LogP) is 1.65. The van der Waals surface area contributed by atoms with Crippen molar-refractivity contribution in [3.8, 4) is 0 Å². The Bertz CT molecular complexity index is 517. The monoisotopic (exact) mass is 307 g/mol. The van der Waals surface area contributed by atoms with Crippen LogP contribution in [-0.4, -0.2) is 45.9 Å². The summed E-state index contributed by atoms with van der Waals surface area (Å²) in [7, 11) is 1.98. The maximum absolute atomic E-state index is 11.8. The number of likely N-dealkylation sites (tertiary alicyclic amines) is 1. The molecule has 0 unspecified atom stereocenters. The molecule has 2 heterocycles. The average molecular weight is 307 g/mol. The van der Waals surface area contributed by atoms with Crippen molar-refractivity contribution < 1.29 is 4.79 Å². The normalized spacial score (nSPS) is 19.4. The van der Waals surface area contributed by atoms with E-state index in [1.807, 2.05) is 38.7 Å². The van der Waals surface area contributed by atoms with Crippen molar-refractivity contribution in [1.82, 2.24) is 25.3 Å². The van der Waals surface area contributed by atoms with Gasteiger partial charge in [-0.2, -0.15) is 5.10 Å². The highest BCUT2D eigenvalue weighted by Gasteiger charge is 2.24. The van der Waals surface area contributed by atoms with E-state index in [1.165, 1.54) is 11.3 Å². The first-order chi connectivity index (χ1) is 10.2. The van der Waals surface area contributed by atoms with E-state index in [1.54, 1.807) is 0 Å². The number of aromatic nitrogens is 2. The largest absolute Gasteiger partial charge is 0.338 e. The summed E-state index contributed by atoms with van der Waals surface area (Å²) in [6.07, 6.45) is 3.09. The minimum absolute atomic E-state index is 0.0750. The lowest BCUT2D eigenvalue weighted by molar-refractivity contribution is 0.229. The van der Waals surface area contributed by atoms with Crippen molar-refractivity contribution in [2.24, 2.45) is 13.0 Å². The summed E-state index contributed by atoms with van der Waals surface area (Å²) in [5.74, 6) is 0.530. The second-order valence-electron chi connectivity index (χ2n) is 7.35. The molecule has 1 aromatic rings. The first kappa shape index (κ1) is 16.8. The number of nitrogens with zero attached hydrogens (tertiary/aromatic N) is 3. The van der Waals surface area contributed by atoms with Gasteiger partial charge in [0, 0.05) is 43.5 Å². The predicted molar refractivity (Wildman–Crippen MR) is 87.6 cm³/mol. The molecular formula is C16H29N5O. The summed E-state index contributed by atoms with van der Waals surface area (Å²) in [6.45, 7) is 11.9. The van der Waals surface area contributed by atoms with Crippen LogP contribution in [0.1, 0.15) is 38.4 Å². The molecule has 22 heavy (non-hydrogen) atoms. The molecule has 0 bridgehead atoms. The van der Waals surface area contributed by atoms with Gasteiger partial charge in [-0.1, -0.05) is 0 Å². The van der Waals surface area contributed by atoms with Gasteiger partial charge in [-0.05, 0) is 46.6 Å². The smallest absolute Gasteiger partial charge is 0.315 e. The van der Waals surface area contributed by atoms with Crippen LogP contribution in [0.2, 0.25) is 0 Å². The number of carbonyl (C=O) groups excluding carboxylic acids is 1. The topological polar surface area (TPSA) is 62.2 Å². The van der Waals surface area contributed by atoms with Crippen molar-refractivity contribution in [1.29, 1.82) is 0 Å². The minimum atomic E-state index is -0.191. The highest BCUT2D eigenvalue weighted by molar-refractivity contribution is 5.74. The Balaban J connectivity index is 1.74. The third-order valence-electron chi connectivity index (χ3n) is 4.14. The molecule has 1 aliphatic rings. The van der Waals surface area contributed by atoms with Crippen LogP contribution in [0.4, 0.5) is 4.79 Å². The van der Waals surface area contributed by atoms with Crippen molar-refractivity contribution in [2.45, 2.75) is 46.2 Å². The van der Waals surface area contributed by atoms with E-state index >= 15 is 0 Å². The number of nitrogens with one attached hydrogen (secondary N) is 2. The lowest BCUT2D eigenvalue weighted by Crippen LogP contribution is -2.47. The fourth-order valence-corrected chi connectivity index (χ4v) is 2.79. The highest BCUT2D eigenvalue weighted by atomic mass is 16.2. The third kappa shape index (κ3) is 4.73. The van der Waals surface area contributed by atoms with E-state index in [9.17, 15) is 4.79 Å². The first-order valence-corrected chi connectivity index (χ1v) is 8.00. The molecule has 2 amide bonds. The first-order valence-electron chi connectivity index (χ1n) is 8.00. The zero-order chi connectivity index (χ0) is 16.3. The van der Waals surface area contributed by atoms with Gasteiger partial charge in [-0.3, -0.25) is 9.58 Å². The lowest BCUT2D eigenvalue weighted by atomic mass is 10.1. The molecule has 1 fully saturated rings. The number of hydrogen-bond donors (Lipinski definition) is 2. The maximum atomic E-state index is 11.8. The molecule has 0 radical (unpaired) electrons. The van der Waals surface area contributed by atoms with Gasteiger partial charge >= 0.3 is 6.03 Å². The number of hydrogen-bond acceptors (Lipinski definition) is 3. The third-order valence-corrected chi connectivity index (χ3v) is 4.14. The Morgan fingerprint density at radius 3 is 2.77 bits per heavy atom. The number of rotatable bonds is 4. The molecule has 6 heteroatoms. The fourth-order valence-electron chi connectivity index (χ4n) is 2.79. The van der Waals surface area contributed by atoms with Crippen LogP contribution < -0.4 is 10.6 Å². The van der Waals surface area contributed by atoms with E-state index < -0.39 is 0 Å². The molecule has 0 aliphatic carbocycles. The SMILES string of the molecule is Cc1c(CN2CC[C@H](CNC(=O)NC(C)(C)C)C2)cnn1C. The molecule has 124 valence electrons. The maximum Gasteiger partial charge on any atom is 0.315 e. The van der Waals surface area contributed by atoms with Crippen LogP contribution in [-0.2, 0) is 13.6 Å². The van der Waals surface area contributed by atoms with Gasteiger partial charge in [0.2, 0.25) is 0 Å². The molecule has 2 N–H and O–H groups in total. The van der Waals surface area contributed by atoms with Gasteiger partial charge in [-0.15, -0.1) is 0 Å². The van der Waals surface area contributed by atoms with E-state index in [0.717, 1.165) is 32.6 Å². The summed E-state index contributed by atoms with van der Waals surface area (Å²) >= 11 is 0. The fraction of sp³-hybridized carbons (Fsp3) is 0.750. The number of aryl methyl sites for hydroxylation is 1. The minimum Gasteiger partial charge on any atom is -0.338 e. The van der Waals surface area contributed by atoms with E-state index in [-0.39, 0.29) is 11.6 Å². The van der Waals surface area contributed by atoms with Crippen LogP contribution >= 0.6 is 0 Å². The van der Waals surface area contributed by atoms with Crippen LogP contribution in [0, 0.1) is 12.8 Å². The van der Waals surface area contributed by atoms with Gasteiger partial charge in [0.05, 0.1) is 6.20 Å². The van der Waals surface area contributed by atoms with Crippen molar-refractivity contribution >= 4 is 6.03 Å². The Kier molecular flexibility index (Phi) is 5.11. The molecule has 0 aromatic carbocycles. The van der Waals surface area contributed by atoms with E-state index in [4.69, 9.17) is 0 Å². The number of urea groups is 1. The second kappa shape index (κ2) is 6.69. The highest BCUT2D eigenvalue weighted by Crippen LogP contribution is 2.19. The standard InChI is InChI=1S/C16H29N5O/c1-12-14(9-18-20(12)5)11-21-7-6-13(10-21)8-17-15(22)19-16(2,3)4/h9,13H,6-8,10-11H2,1-5H3,(H2,17,19,22)/t13-/m1/s1. The summed E-state index contributed by atoms with van der Waals surface area (Å²) in [5, 5.41) is 10.2. The zero-order valence-corrected chi connectivity index (χ0v) is 14.4. The second-order valence-corrected chi connectivity index (χ2v) is 7.35. The van der Waals surface area contributed by atoms with Crippen molar-refractivity contribution in [2.75, 3.05) is 19.6 Å². The van der Waals surface area contributed by atoms with Gasteiger partial charge in [0.1, 0.15) is 0 Å². The van der Waals surface area contributed by atoms with Crippen LogP contribution in [0.5, 0.6) is 0 Å². The molecule has 0 spiro atoms. The Morgan fingerprint density at radius 1 is 1.45 bits per heavy atom. The quantitative estimate of drug-likeness (QED) is 0.889. The molecule has 0 saturated carbocycles. The summed E-state index contributed by atoms with van der Waals surface area (Å²) in [6, 6.07) is -0.0750. The van der Waals surface area contributed by atoms with Gasteiger partial charge in [0.15, 0.2) is 0 Å². The summed E-state index contributed by atoms with van der Waals surface area (Å²) in [4.78, 5) is 14.2. The average Bonchev–Trinajstić information content (AvgIpc) is 2.97. The molecule has 1 atom stereocenters. The molecule has 1 aliphatic heterocycles. The number of amides is 2. The Hall–Kier alpha value is -1.56. The lowest BCUT2D eigenvalue weighted by Gasteiger charge is -2.22. The molecular weight excluding hydrogens is 278 g/mol. The Morgan fingerprint density at radius 2 is 2.18 bits per heavy atom. The van der Waals surface area contributed by atoms with Crippen LogP contribution in [0.25, 0.3) is 0 Å². The van der Waals surface area contributed by atoms with Gasteiger partial charge < -0.3 is 10.6 Å².